The zero-order valence-corrected chi connectivity index (χ0v) is 18.5. The van der Waals surface area contributed by atoms with Crippen LogP contribution in [0.25, 0.3) is 0 Å². The Morgan fingerprint density at radius 1 is 0.788 bits per heavy atom. The molecular weight excluding hydrogens is 433 g/mol. The van der Waals surface area contributed by atoms with E-state index in [0.29, 0.717) is 37.6 Å². The lowest BCUT2D eigenvalue weighted by atomic mass is 10.1. The zero-order valence-electron chi connectivity index (χ0n) is 18.5. The maximum absolute atomic E-state index is 13.0. The number of ether oxygens (including phenoxy) is 1. The van der Waals surface area contributed by atoms with Crippen LogP contribution in [0.5, 0.6) is 5.75 Å². The van der Waals surface area contributed by atoms with Gasteiger partial charge in [0.15, 0.2) is 0 Å². The van der Waals surface area contributed by atoms with Crippen molar-refractivity contribution < 1.29 is 22.7 Å². The van der Waals surface area contributed by atoms with Crippen molar-refractivity contribution in [2.24, 2.45) is 0 Å². The highest BCUT2D eigenvalue weighted by Gasteiger charge is 2.31. The lowest BCUT2D eigenvalue weighted by molar-refractivity contribution is -0.137. The van der Waals surface area contributed by atoms with E-state index in [1.54, 1.807) is 23.1 Å². The molecule has 0 bridgehead atoms. The van der Waals surface area contributed by atoms with Crippen molar-refractivity contribution in [3.63, 3.8) is 0 Å². The van der Waals surface area contributed by atoms with E-state index in [9.17, 15) is 18.0 Å². The van der Waals surface area contributed by atoms with Gasteiger partial charge in [0, 0.05) is 71.1 Å². The molecule has 9 heteroatoms. The van der Waals surface area contributed by atoms with Crippen LogP contribution < -0.4 is 9.64 Å². The summed E-state index contributed by atoms with van der Waals surface area (Å²) in [6.45, 7) is 7.74. The number of benzene rings is 2. The number of carbonyl (C=O) groups excluding carboxylic acids is 1. The minimum atomic E-state index is -4.32. The van der Waals surface area contributed by atoms with Crippen LogP contribution in [0.15, 0.2) is 54.6 Å². The normalized spacial score (nSPS) is 18.4. The minimum absolute atomic E-state index is 0.313. The van der Waals surface area contributed by atoms with Crippen molar-refractivity contribution in [2.45, 2.75) is 6.18 Å². The van der Waals surface area contributed by atoms with E-state index < -0.39 is 11.7 Å². The van der Waals surface area contributed by atoms with E-state index in [2.05, 4.69) is 9.80 Å². The van der Waals surface area contributed by atoms with Crippen LogP contribution in [-0.2, 0) is 6.18 Å². The van der Waals surface area contributed by atoms with Crippen LogP contribution in [0.2, 0.25) is 0 Å². The molecule has 33 heavy (non-hydrogen) atoms. The molecule has 0 aromatic heterocycles. The first-order chi connectivity index (χ1) is 15.9. The van der Waals surface area contributed by atoms with Crippen LogP contribution in [0.3, 0.4) is 0 Å². The summed E-state index contributed by atoms with van der Waals surface area (Å²) in [6.07, 6.45) is -4.63. The first-order valence-electron chi connectivity index (χ1n) is 11.3. The molecular formula is C24H29F3N4O2. The molecule has 0 radical (unpaired) electrons. The van der Waals surface area contributed by atoms with E-state index in [-0.39, 0.29) is 6.09 Å². The van der Waals surface area contributed by atoms with Crippen LogP contribution in [0, 0.1) is 0 Å². The van der Waals surface area contributed by atoms with E-state index in [4.69, 9.17) is 4.74 Å². The topological polar surface area (TPSA) is 39.3 Å². The molecule has 0 saturated carbocycles. The highest BCUT2D eigenvalue weighted by Crippen LogP contribution is 2.31. The smallest absolute Gasteiger partial charge is 0.410 e. The van der Waals surface area contributed by atoms with Gasteiger partial charge in [0.2, 0.25) is 0 Å². The number of para-hydroxylation sites is 1. The number of nitrogens with zero attached hydrogens (tertiary/aromatic N) is 4. The Hall–Kier alpha value is -2.78. The summed E-state index contributed by atoms with van der Waals surface area (Å²) in [5.41, 5.74) is 0.0252. The average Bonchev–Trinajstić information content (AvgIpc) is 2.83. The van der Waals surface area contributed by atoms with E-state index in [1.165, 1.54) is 12.1 Å². The van der Waals surface area contributed by atoms with Gasteiger partial charge >= 0.3 is 12.3 Å². The molecule has 2 heterocycles. The summed E-state index contributed by atoms with van der Waals surface area (Å²) >= 11 is 0. The molecule has 2 aliphatic heterocycles. The molecule has 2 aromatic rings. The third-order valence-corrected chi connectivity index (χ3v) is 6.22. The first-order valence-corrected chi connectivity index (χ1v) is 11.3. The Kier molecular flexibility index (Phi) is 7.39. The Morgan fingerprint density at radius 3 is 2.00 bits per heavy atom. The minimum Gasteiger partial charge on any atom is -0.410 e. The Balaban J connectivity index is 1.16. The molecule has 2 aliphatic rings. The first kappa shape index (κ1) is 23.4. The third-order valence-electron chi connectivity index (χ3n) is 6.22. The fraction of sp³-hybridized carbons (Fsp3) is 0.458. The number of carbonyl (C=O) groups is 1. The predicted octanol–water partition coefficient (Wildman–Crippen LogP) is 3.64. The van der Waals surface area contributed by atoms with Gasteiger partial charge in [-0.3, -0.25) is 9.80 Å². The number of amides is 1. The summed E-state index contributed by atoms with van der Waals surface area (Å²) in [6, 6.07) is 14.6. The maximum atomic E-state index is 13.0. The fourth-order valence-corrected chi connectivity index (χ4v) is 4.20. The highest BCUT2D eigenvalue weighted by molar-refractivity contribution is 5.70. The zero-order chi connectivity index (χ0) is 23.3. The summed E-state index contributed by atoms with van der Waals surface area (Å²) in [4.78, 5) is 20.7. The van der Waals surface area contributed by atoms with Gasteiger partial charge in [0.1, 0.15) is 5.75 Å². The quantitative estimate of drug-likeness (QED) is 0.679. The van der Waals surface area contributed by atoms with Crippen molar-refractivity contribution in [1.29, 1.82) is 0 Å². The molecule has 0 atom stereocenters. The number of halogens is 3. The molecule has 6 nitrogen and oxygen atoms in total. The number of hydrogen-bond acceptors (Lipinski definition) is 5. The molecule has 2 fully saturated rings. The summed E-state index contributed by atoms with van der Waals surface area (Å²) in [5, 5.41) is 0. The number of alkyl halides is 3. The fourth-order valence-electron chi connectivity index (χ4n) is 4.20. The Morgan fingerprint density at radius 2 is 1.39 bits per heavy atom. The summed E-state index contributed by atoms with van der Waals surface area (Å²) in [7, 11) is 0. The molecule has 0 N–H and O–H groups in total. The van der Waals surface area contributed by atoms with Gasteiger partial charge in [-0.05, 0) is 30.3 Å². The summed E-state index contributed by atoms with van der Waals surface area (Å²) in [5.74, 6) is 0.550. The molecule has 0 spiro atoms. The molecule has 4 rings (SSSR count). The van der Waals surface area contributed by atoms with Crippen molar-refractivity contribution >= 4 is 11.8 Å². The third kappa shape index (κ3) is 6.39. The Labute approximate surface area is 192 Å². The predicted molar refractivity (Wildman–Crippen MR) is 121 cm³/mol. The second-order valence-electron chi connectivity index (χ2n) is 8.39. The van der Waals surface area contributed by atoms with E-state index in [0.717, 1.165) is 45.3 Å². The largest absolute Gasteiger partial charge is 0.416 e. The van der Waals surface area contributed by atoms with Crippen molar-refractivity contribution in [1.82, 2.24) is 14.7 Å². The lowest BCUT2D eigenvalue weighted by Gasteiger charge is -2.38. The molecule has 2 aromatic carbocycles. The highest BCUT2D eigenvalue weighted by atomic mass is 19.4. The summed E-state index contributed by atoms with van der Waals surface area (Å²) < 4.78 is 44.4. The van der Waals surface area contributed by atoms with Gasteiger partial charge in [-0.25, -0.2) is 4.79 Å². The van der Waals surface area contributed by atoms with Gasteiger partial charge in [-0.15, -0.1) is 0 Å². The van der Waals surface area contributed by atoms with Crippen LogP contribution in [-0.4, -0.2) is 86.2 Å². The number of anilines is 1. The number of hydrogen-bond donors (Lipinski definition) is 0. The van der Waals surface area contributed by atoms with E-state index in [1.807, 2.05) is 23.1 Å². The van der Waals surface area contributed by atoms with Gasteiger partial charge in [0.05, 0.1) is 5.56 Å². The van der Waals surface area contributed by atoms with Gasteiger partial charge in [-0.2, -0.15) is 13.2 Å². The molecule has 178 valence electrons. The molecule has 1 amide bonds. The Bertz CT molecular complexity index is 909. The van der Waals surface area contributed by atoms with Gasteiger partial charge in [-0.1, -0.05) is 24.3 Å². The molecule has 0 unspecified atom stereocenters. The van der Waals surface area contributed by atoms with Gasteiger partial charge < -0.3 is 14.5 Å². The second kappa shape index (κ2) is 10.4. The van der Waals surface area contributed by atoms with E-state index >= 15 is 0 Å². The van der Waals surface area contributed by atoms with Crippen molar-refractivity contribution in [2.75, 3.05) is 70.3 Å². The van der Waals surface area contributed by atoms with Gasteiger partial charge in [0.25, 0.3) is 0 Å². The van der Waals surface area contributed by atoms with Crippen LogP contribution >= 0.6 is 0 Å². The molecule has 0 aliphatic carbocycles. The van der Waals surface area contributed by atoms with Crippen molar-refractivity contribution in [3.05, 3.63) is 60.2 Å². The van der Waals surface area contributed by atoms with Crippen molar-refractivity contribution in [3.8, 4) is 5.75 Å². The monoisotopic (exact) mass is 462 g/mol. The number of rotatable bonds is 5. The lowest BCUT2D eigenvalue weighted by Crippen LogP contribution is -2.52. The average molecular weight is 463 g/mol. The second-order valence-corrected chi connectivity index (χ2v) is 8.39. The molecule has 2 saturated heterocycles. The van der Waals surface area contributed by atoms with Crippen LogP contribution in [0.4, 0.5) is 23.7 Å². The maximum Gasteiger partial charge on any atom is 0.416 e. The number of piperazine rings is 2. The van der Waals surface area contributed by atoms with Crippen LogP contribution in [0.1, 0.15) is 5.56 Å². The standard InChI is InChI=1S/C24H29F3N4O2/c25-24(26,27)20-5-4-6-21(19-20)30-15-11-28(12-16-30)9-10-29-13-17-31(18-14-29)23(32)33-22-7-2-1-3-8-22/h1-8,19H,9-18H2. The SMILES string of the molecule is O=C(Oc1ccccc1)N1CCN(CCN2CCN(c3cccc(C(F)(F)F)c3)CC2)CC1.